The summed E-state index contributed by atoms with van der Waals surface area (Å²) in [5, 5.41) is 3.36. The molecular formula is C14H32NO3P. The quantitative estimate of drug-likeness (QED) is 0.405. The highest BCUT2D eigenvalue weighted by atomic mass is 31.1. The van der Waals surface area contributed by atoms with Gasteiger partial charge in [0.2, 0.25) is 0 Å². The molecule has 4 nitrogen and oxygen atoms in total. The number of nitrogens with one attached hydrogen (secondary N) is 1. The van der Waals surface area contributed by atoms with Crippen LogP contribution in [0.1, 0.15) is 66.2 Å². The Hall–Kier alpha value is 0.110. The van der Waals surface area contributed by atoms with E-state index in [1.807, 2.05) is 13.8 Å². The monoisotopic (exact) mass is 293 g/mol. The van der Waals surface area contributed by atoms with Gasteiger partial charge in [-0.2, -0.15) is 0 Å². The molecule has 0 aliphatic heterocycles. The van der Waals surface area contributed by atoms with Crippen molar-refractivity contribution in [1.82, 2.24) is 5.32 Å². The number of hydrogen-bond acceptors (Lipinski definition) is 4. The van der Waals surface area contributed by atoms with Gasteiger partial charge < -0.3 is 4.52 Å². The minimum absolute atomic E-state index is 0.154. The predicted octanol–water partition coefficient (Wildman–Crippen LogP) is 4.36. The molecule has 0 saturated heterocycles. The van der Waals surface area contributed by atoms with Gasteiger partial charge in [0, 0.05) is 6.54 Å². The lowest BCUT2D eigenvalue weighted by Gasteiger charge is -2.21. The molecule has 0 aliphatic carbocycles. The Morgan fingerprint density at radius 1 is 1.11 bits per heavy atom. The summed E-state index contributed by atoms with van der Waals surface area (Å²) >= 11 is 0. The standard InChI is InChI=1S/C14H32NO3P/c1-5-9-10-13(7-3)12-15-14(8-4)18-19(16)17-11-6-2/h13-15,19H,5-12H2,1-4H3. The lowest BCUT2D eigenvalue weighted by atomic mass is 9.99. The minimum atomic E-state index is -2.35. The van der Waals surface area contributed by atoms with Gasteiger partial charge in [-0.1, -0.05) is 47.0 Å². The van der Waals surface area contributed by atoms with Gasteiger partial charge in [-0.05, 0) is 25.2 Å². The number of rotatable bonds is 13. The van der Waals surface area contributed by atoms with Crippen LogP contribution in [-0.4, -0.2) is 19.4 Å². The predicted molar refractivity (Wildman–Crippen MR) is 81.7 cm³/mol. The molecule has 0 aliphatic rings. The highest BCUT2D eigenvalue weighted by Crippen LogP contribution is 2.26. The third kappa shape index (κ3) is 10.5. The van der Waals surface area contributed by atoms with Crippen LogP contribution in [0.3, 0.4) is 0 Å². The fourth-order valence-corrected chi connectivity index (χ4v) is 2.77. The fraction of sp³-hybridized carbons (Fsp3) is 1.00. The van der Waals surface area contributed by atoms with Crippen LogP contribution >= 0.6 is 8.25 Å². The summed E-state index contributed by atoms with van der Waals surface area (Å²) in [5.74, 6) is 0.677. The topological polar surface area (TPSA) is 47.6 Å². The van der Waals surface area contributed by atoms with E-state index in [0.717, 1.165) is 19.4 Å². The van der Waals surface area contributed by atoms with E-state index >= 15 is 0 Å². The third-order valence-corrected chi connectivity index (χ3v) is 4.13. The molecule has 0 heterocycles. The summed E-state index contributed by atoms with van der Waals surface area (Å²) in [6.45, 7) is 9.89. The van der Waals surface area contributed by atoms with Crippen molar-refractivity contribution in [2.24, 2.45) is 5.92 Å². The molecular weight excluding hydrogens is 261 g/mol. The van der Waals surface area contributed by atoms with Crippen LogP contribution in [-0.2, 0) is 13.6 Å². The molecule has 0 aromatic rings. The number of unbranched alkanes of at least 4 members (excludes halogenated alkanes) is 1. The van der Waals surface area contributed by atoms with E-state index in [1.54, 1.807) is 0 Å². The summed E-state index contributed by atoms with van der Waals surface area (Å²) in [7, 11) is -2.35. The van der Waals surface area contributed by atoms with Crippen LogP contribution in [0, 0.1) is 5.92 Å². The van der Waals surface area contributed by atoms with E-state index in [0.29, 0.717) is 12.5 Å². The minimum Gasteiger partial charge on any atom is -0.311 e. The second-order valence-corrected chi connectivity index (χ2v) is 5.96. The molecule has 0 spiro atoms. The molecule has 0 bridgehead atoms. The van der Waals surface area contributed by atoms with E-state index in [4.69, 9.17) is 9.05 Å². The first-order valence-electron chi connectivity index (χ1n) is 7.74. The smallest absolute Gasteiger partial charge is 0.311 e. The summed E-state index contributed by atoms with van der Waals surface area (Å²) in [4.78, 5) is 0. The van der Waals surface area contributed by atoms with Gasteiger partial charge in [-0.25, -0.2) is 0 Å². The summed E-state index contributed by atoms with van der Waals surface area (Å²) in [6.07, 6.45) is 6.44. The van der Waals surface area contributed by atoms with Gasteiger partial charge in [0.25, 0.3) is 0 Å². The van der Waals surface area contributed by atoms with Crippen LogP contribution in [0.15, 0.2) is 0 Å². The van der Waals surface area contributed by atoms with Gasteiger partial charge in [0.1, 0.15) is 6.23 Å². The van der Waals surface area contributed by atoms with Crippen molar-refractivity contribution in [3.63, 3.8) is 0 Å². The van der Waals surface area contributed by atoms with Crippen molar-refractivity contribution in [3.05, 3.63) is 0 Å². The van der Waals surface area contributed by atoms with E-state index in [-0.39, 0.29) is 6.23 Å². The highest BCUT2D eigenvalue weighted by molar-refractivity contribution is 7.33. The molecule has 0 amide bonds. The summed E-state index contributed by atoms with van der Waals surface area (Å²) < 4.78 is 22.1. The first-order valence-corrected chi connectivity index (χ1v) is 8.97. The molecule has 19 heavy (non-hydrogen) atoms. The molecule has 0 saturated carbocycles. The van der Waals surface area contributed by atoms with Crippen molar-refractivity contribution in [2.75, 3.05) is 13.2 Å². The maximum atomic E-state index is 11.6. The van der Waals surface area contributed by atoms with Crippen LogP contribution in [0.25, 0.3) is 0 Å². The van der Waals surface area contributed by atoms with Crippen molar-refractivity contribution in [1.29, 1.82) is 0 Å². The Morgan fingerprint density at radius 3 is 2.37 bits per heavy atom. The van der Waals surface area contributed by atoms with E-state index in [2.05, 4.69) is 19.2 Å². The lowest BCUT2D eigenvalue weighted by Crippen LogP contribution is -2.33. The van der Waals surface area contributed by atoms with Gasteiger partial charge >= 0.3 is 8.25 Å². The van der Waals surface area contributed by atoms with Crippen LogP contribution in [0.5, 0.6) is 0 Å². The average molecular weight is 293 g/mol. The van der Waals surface area contributed by atoms with Crippen molar-refractivity contribution < 1.29 is 13.6 Å². The number of hydrogen-bond donors (Lipinski definition) is 1. The third-order valence-electron chi connectivity index (χ3n) is 3.21. The maximum Gasteiger partial charge on any atom is 0.320 e. The zero-order valence-electron chi connectivity index (χ0n) is 13.0. The molecule has 0 radical (unpaired) electrons. The zero-order valence-corrected chi connectivity index (χ0v) is 14.0. The van der Waals surface area contributed by atoms with Crippen LogP contribution in [0.2, 0.25) is 0 Å². The molecule has 5 heteroatoms. The largest absolute Gasteiger partial charge is 0.320 e. The molecule has 3 atom stereocenters. The molecule has 3 unspecified atom stereocenters. The second-order valence-electron chi connectivity index (χ2n) is 4.94. The van der Waals surface area contributed by atoms with Gasteiger partial charge in [-0.15, -0.1) is 0 Å². The summed E-state index contributed by atoms with van der Waals surface area (Å²) in [5.41, 5.74) is 0. The Morgan fingerprint density at radius 2 is 1.84 bits per heavy atom. The van der Waals surface area contributed by atoms with Crippen LogP contribution in [0.4, 0.5) is 0 Å². The molecule has 116 valence electrons. The Kier molecular flexibility index (Phi) is 13.2. The van der Waals surface area contributed by atoms with E-state index in [9.17, 15) is 4.57 Å². The van der Waals surface area contributed by atoms with Gasteiger partial charge in [0.05, 0.1) is 6.61 Å². The molecule has 0 aromatic heterocycles. The van der Waals surface area contributed by atoms with Gasteiger partial charge in [0.15, 0.2) is 0 Å². The van der Waals surface area contributed by atoms with E-state index in [1.165, 1.54) is 25.7 Å². The first kappa shape index (κ1) is 19.1. The van der Waals surface area contributed by atoms with E-state index < -0.39 is 8.25 Å². The van der Waals surface area contributed by atoms with Gasteiger partial charge in [-0.3, -0.25) is 14.4 Å². The Bertz CT molecular complexity index is 227. The second kappa shape index (κ2) is 13.1. The van der Waals surface area contributed by atoms with Crippen LogP contribution < -0.4 is 5.32 Å². The highest BCUT2D eigenvalue weighted by Gasteiger charge is 2.13. The van der Waals surface area contributed by atoms with Crippen molar-refractivity contribution >= 4 is 8.25 Å². The summed E-state index contributed by atoms with van der Waals surface area (Å²) in [6, 6.07) is 0. The lowest BCUT2D eigenvalue weighted by molar-refractivity contribution is 0.127. The maximum absolute atomic E-state index is 11.6. The first-order chi connectivity index (χ1) is 9.17. The average Bonchev–Trinajstić information content (AvgIpc) is 2.43. The van der Waals surface area contributed by atoms with Crippen molar-refractivity contribution in [3.8, 4) is 0 Å². The molecule has 0 aromatic carbocycles. The van der Waals surface area contributed by atoms with Crippen molar-refractivity contribution in [2.45, 2.75) is 72.4 Å². The normalized spacial score (nSPS) is 16.2. The zero-order chi connectivity index (χ0) is 14.5. The molecule has 0 fully saturated rings. The Labute approximate surface area is 119 Å². The Balaban J connectivity index is 3.93. The molecule has 1 N–H and O–H groups in total. The SMILES string of the molecule is CCCCC(CC)CNC(CC)O[PH](=O)OCCC. The molecule has 0 rings (SSSR count). The fourth-order valence-electron chi connectivity index (χ4n) is 1.85.